The van der Waals surface area contributed by atoms with Gasteiger partial charge in [-0.3, -0.25) is 4.79 Å². The Labute approximate surface area is 186 Å². The smallest absolute Gasteiger partial charge is 0.270 e. The highest BCUT2D eigenvalue weighted by atomic mass is 35.5. The van der Waals surface area contributed by atoms with E-state index >= 15 is 0 Å². The van der Waals surface area contributed by atoms with E-state index in [-0.39, 0.29) is 5.91 Å². The highest BCUT2D eigenvalue weighted by Crippen LogP contribution is 2.27. The molecule has 4 aromatic rings. The van der Waals surface area contributed by atoms with Gasteiger partial charge in [0.05, 0.1) is 11.8 Å². The van der Waals surface area contributed by atoms with Crippen LogP contribution in [0.1, 0.15) is 21.6 Å². The highest BCUT2D eigenvalue weighted by molar-refractivity contribution is 6.31. The van der Waals surface area contributed by atoms with Crippen LogP contribution < -0.4 is 4.90 Å². The van der Waals surface area contributed by atoms with Crippen LogP contribution in [0.25, 0.3) is 11.1 Å². The lowest BCUT2D eigenvalue weighted by Crippen LogP contribution is -2.49. The van der Waals surface area contributed by atoms with Gasteiger partial charge >= 0.3 is 0 Å². The first-order valence-electron chi connectivity index (χ1n) is 10.5. The number of halogens is 1. The Balaban J connectivity index is 1.39. The maximum Gasteiger partial charge on any atom is 0.270 e. The summed E-state index contributed by atoms with van der Waals surface area (Å²) in [4.78, 5) is 17.8. The molecule has 0 saturated carbocycles. The summed E-state index contributed by atoms with van der Waals surface area (Å²) in [5.74, 6) is 0.0305. The van der Waals surface area contributed by atoms with Gasteiger partial charge in [0.2, 0.25) is 0 Å². The number of carbonyl (C=O) groups is 1. The third kappa shape index (κ3) is 3.70. The summed E-state index contributed by atoms with van der Waals surface area (Å²) in [7, 11) is 0. The largest absolute Gasteiger partial charge is 0.463 e. The average Bonchev–Trinajstić information content (AvgIpc) is 3.38. The number of hydrogen-bond donors (Lipinski definition) is 0. The normalized spacial score (nSPS) is 14.4. The van der Waals surface area contributed by atoms with Crippen molar-refractivity contribution in [3.8, 4) is 0 Å². The van der Waals surface area contributed by atoms with Gasteiger partial charge in [-0.1, -0.05) is 48.0 Å². The minimum Gasteiger partial charge on any atom is -0.463 e. The summed E-state index contributed by atoms with van der Waals surface area (Å²) in [5.41, 5.74) is 5.74. The van der Waals surface area contributed by atoms with E-state index in [0.29, 0.717) is 35.9 Å². The fraction of sp³-hybridized carbons (Fsp3) is 0.240. The maximum absolute atomic E-state index is 13.5. The molecule has 2 aromatic heterocycles. The number of aromatic nitrogens is 1. The zero-order valence-corrected chi connectivity index (χ0v) is 18.2. The third-order valence-electron chi connectivity index (χ3n) is 6.05. The molecule has 158 valence electrons. The van der Waals surface area contributed by atoms with E-state index in [0.717, 1.165) is 24.2 Å². The van der Waals surface area contributed by atoms with Crippen molar-refractivity contribution in [3.05, 3.63) is 88.8 Å². The molecule has 6 heteroatoms. The summed E-state index contributed by atoms with van der Waals surface area (Å²) < 4.78 is 7.61. The Bertz CT molecular complexity index is 1230. The first-order chi connectivity index (χ1) is 15.1. The number of nitrogens with zero attached hydrogens (tertiary/aromatic N) is 3. The Kier molecular flexibility index (Phi) is 5.20. The van der Waals surface area contributed by atoms with E-state index in [9.17, 15) is 4.79 Å². The van der Waals surface area contributed by atoms with Crippen LogP contribution in [-0.4, -0.2) is 41.6 Å². The number of hydrogen-bond acceptors (Lipinski definition) is 3. The molecular weight excluding hydrogens is 410 g/mol. The second kappa shape index (κ2) is 8.16. The van der Waals surface area contributed by atoms with Gasteiger partial charge in [0, 0.05) is 55.6 Å². The van der Waals surface area contributed by atoms with E-state index in [1.54, 1.807) is 6.26 Å². The van der Waals surface area contributed by atoms with Gasteiger partial charge in [-0.2, -0.15) is 0 Å². The van der Waals surface area contributed by atoms with Crippen molar-refractivity contribution in [2.75, 3.05) is 31.1 Å². The number of rotatable bonds is 4. The predicted octanol–water partition coefficient (Wildman–Crippen LogP) is 5.21. The lowest BCUT2D eigenvalue weighted by Gasteiger charge is -2.37. The number of amides is 1. The van der Waals surface area contributed by atoms with Crippen LogP contribution in [0.2, 0.25) is 5.02 Å². The number of furan rings is 1. The minimum atomic E-state index is 0.0305. The van der Waals surface area contributed by atoms with Gasteiger partial charge in [-0.15, -0.1) is 0 Å². The van der Waals surface area contributed by atoms with Crippen molar-refractivity contribution in [2.24, 2.45) is 0 Å². The minimum absolute atomic E-state index is 0.0305. The van der Waals surface area contributed by atoms with Crippen LogP contribution in [0.15, 0.2) is 71.3 Å². The fourth-order valence-corrected chi connectivity index (χ4v) is 4.55. The molecule has 0 bridgehead atoms. The lowest BCUT2D eigenvalue weighted by atomic mass is 10.1. The average molecular weight is 434 g/mol. The van der Waals surface area contributed by atoms with Crippen LogP contribution in [0.5, 0.6) is 0 Å². The summed E-state index contributed by atoms with van der Waals surface area (Å²) in [6, 6.07) is 19.9. The van der Waals surface area contributed by atoms with Gasteiger partial charge in [-0.05, 0) is 30.2 Å². The lowest BCUT2D eigenvalue weighted by molar-refractivity contribution is 0.0737. The molecule has 0 radical (unpaired) electrons. The second-order valence-corrected chi connectivity index (χ2v) is 8.35. The van der Waals surface area contributed by atoms with Crippen LogP contribution in [0.3, 0.4) is 0 Å². The molecule has 0 atom stereocenters. The maximum atomic E-state index is 13.5. The molecule has 0 spiro atoms. The van der Waals surface area contributed by atoms with Crippen molar-refractivity contribution in [1.82, 2.24) is 9.47 Å². The second-order valence-electron chi connectivity index (χ2n) is 7.94. The molecule has 1 saturated heterocycles. The van der Waals surface area contributed by atoms with Crippen LogP contribution in [0, 0.1) is 6.92 Å². The summed E-state index contributed by atoms with van der Waals surface area (Å²) in [6.45, 7) is 5.66. The Morgan fingerprint density at radius 2 is 1.74 bits per heavy atom. The van der Waals surface area contributed by atoms with Gasteiger partial charge in [0.1, 0.15) is 5.69 Å². The predicted molar refractivity (Wildman–Crippen MR) is 124 cm³/mol. The molecule has 31 heavy (non-hydrogen) atoms. The van der Waals surface area contributed by atoms with Crippen LogP contribution in [-0.2, 0) is 6.54 Å². The highest BCUT2D eigenvalue weighted by Gasteiger charge is 2.26. The fourth-order valence-electron chi connectivity index (χ4n) is 4.35. The molecule has 5 nitrogen and oxygen atoms in total. The number of carbonyl (C=O) groups excluding carboxylic acids is 1. The number of fused-ring (bicyclic) bond motifs is 1. The van der Waals surface area contributed by atoms with E-state index in [1.807, 2.05) is 45.9 Å². The zero-order chi connectivity index (χ0) is 21.4. The number of piperazine rings is 1. The topological polar surface area (TPSA) is 41.6 Å². The molecule has 1 amide bonds. The molecule has 1 fully saturated rings. The quantitative estimate of drug-likeness (QED) is 0.443. The zero-order valence-electron chi connectivity index (χ0n) is 17.4. The number of benzene rings is 2. The molecule has 5 rings (SSSR count). The van der Waals surface area contributed by atoms with Crippen molar-refractivity contribution in [2.45, 2.75) is 13.5 Å². The number of anilines is 1. The van der Waals surface area contributed by atoms with Crippen molar-refractivity contribution >= 4 is 34.3 Å². The SMILES string of the molecule is Cc1ccccc1N1CCN(C(=O)c2cc3occc3n2Cc2ccccc2Cl)CC1. The molecule has 1 aliphatic heterocycles. The van der Waals surface area contributed by atoms with Gasteiger partial charge in [0.15, 0.2) is 5.58 Å². The summed E-state index contributed by atoms with van der Waals surface area (Å²) in [6.07, 6.45) is 1.66. The molecule has 1 aliphatic rings. The van der Waals surface area contributed by atoms with Crippen LogP contribution in [0.4, 0.5) is 5.69 Å². The summed E-state index contributed by atoms with van der Waals surface area (Å²) in [5, 5.41) is 0.693. The number of para-hydroxylation sites is 1. The first-order valence-corrected chi connectivity index (χ1v) is 10.9. The monoisotopic (exact) mass is 433 g/mol. The van der Waals surface area contributed by atoms with Crippen molar-refractivity contribution in [3.63, 3.8) is 0 Å². The van der Waals surface area contributed by atoms with Gasteiger partial charge in [-0.25, -0.2) is 0 Å². The Morgan fingerprint density at radius 3 is 2.52 bits per heavy atom. The van der Waals surface area contributed by atoms with E-state index in [2.05, 4.69) is 36.1 Å². The Morgan fingerprint density at radius 1 is 1.00 bits per heavy atom. The van der Waals surface area contributed by atoms with Gasteiger partial charge < -0.3 is 18.8 Å². The molecule has 0 unspecified atom stereocenters. The molecule has 0 N–H and O–H groups in total. The first kappa shape index (κ1) is 19.8. The molecule has 3 heterocycles. The van der Waals surface area contributed by atoms with E-state index in [1.165, 1.54) is 11.3 Å². The van der Waals surface area contributed by atoms with E-state index < -0.39 is 0 Å². The third-order valence-corrected chi connectivity index (χ3v) is 6.42. The molecular formula is C25H24ClN3O2. The Hall–Kier alpha value is -3.18. The van der Waals surface area contributed by atoms with Crippen molar-refractivity contribution in [1.29, 1.82) is 0 Å². The molecule has 2 aromatic carbocycles. The van der Waals surface area contributed by atoms with Crippen molar-refractivity contribution < 1.29 is 9.21 Å². The molecule has 0 aliphatic carbocycles. The standard InChI is InChI=1S/C25H24ClN3O2/c1-18-6-2-5-9-21(18)27-11-13-28(14-12-27)25(30)23-16-24-22(10-15-31-24)29(23)17-19-7-3-4-8-20(19)26/h2-10,15-16H,11-14,17H2,1H3. The number of aryl methyl sites for hydroxylation is 1. The van der Waals surface area contributed by atoms with Crippen LogP contribution >= 0.6 is 11.6 Å². The summed E-state index contributed by atoms with van der Waals surface area (Å²) >= 11 is 6.40. The van der Waals surface area contributed by atoms with Gasteiger partial charge in [0.25, 0.3) is 5.91 Å². The van der Waals surface area contributed by atoms with E-state index in [4.69, 9.17) is 16.0 Å².